The summed E-state index contributed by atoms with van der Waals surface area (Å²) in [4.78, 5) is 19.3. The lowest BCUT2D eigenvalue weighted by atomic mass is 10.2. The highest BCUT2D eigenvalue weighted by Crippen LogP contribution is 2.14. The molecule has 0 atom stereocenters. The first-order chi connectivity index (χ1) is 9.47. The quantitative estimate of drug-likeness (QED) is 0.768. The lowest BCUT2D eigenvalue weighted by Crippen LogP contribution is -2.21. The Morgan fingerprint density at radius 2 is 2.25 bits per heavy atom. The summed E-state index contributed by atoms with van der Waals surface area (Å²) in [6.07, 6.45) is 2.93. The second-order valence-electron chi connectivity index (χ2n) is 5.24. The first kappa shape index (κ1) is 14.9. The fraction of sp³-hybridized carbons (Fsp3) is 0.467. The maximum Gasteiger partial charge on any atom is 0.161 e. The molecule has 0 fully saturated rings. The average molecular weight is 291 g/mol. The Morgan fingerprint density at radius 3 is 2.80 bits per heavy atom. The Balaban J connectivity index is 1.93. The molecule has 0 unspecified atom stereocenters. The van der Waals surface area contributed by atoms with Crippen molar-refractivity contribution in [2.45, 2.75) is 26.8 Å². The van der Waals surface area contributed by atoms with Crippen LogP contribution in [0.25, 0.3) is 0 Å². The summed E-state index contributed by atoms with van der Waals surface area (Å²) in [5.74, 6) is 0.120. The van der Waals surface area contributed by atoms with E-state index in [2.05, 4.69) is 23.9 Å². The zero-order chi connectivity index (χ0) is 14.7. The molecule has 2 aromatic rings. The fourth-order valence-corrected chi connectivity index (χ4v) is 2.94. The van der Waals surface area contributed by atoms with Gasteiger partial charge < -0.3 is 9.47 Å². The molecule has 5 heteroatoms. The van der Waals surface area contributed by atoms with Crippen molar-refractivity contribution in [1.29, 1.82) is 0 Å². The van der Waals surface area contributed by atoms with Gasteiger partial charge in [-0.15, -0.1) is 11.3 Å². The number of carbonyl (C=O) groups excluding carboxylic acids is 1. The Bertz CT molecular complexity index is 600. The topological polar surface area (TPSA) is 38.1 Å². The largest absolute Gasteiger partial charge is 0.353 e. The number of rotatable bonds is 6. The van der Waals surface area contributed by atoms with E-state index in [9.17, 15) is 4.79 Å². The van der Waals surface area contributed by atoms with E-state index in [1.54, 1.807) is 18.3 Å². The van der Waals surface area contributed by atoms with Crippen molar-refractivity contribution in [2.24, 2.45) is 7.05 Å². The number of aryl methyl sites for hydroxylation is 2. The van der Waals surface area contributed by atoms with Crippen LogP contribution in [0.4, 0.5) is 0 Å². The van der Waals surface area contributed by atoms with Crippen molar-refractivity contribution in [2.75, 3.05) is 13.6 Å². The van der Waals surface area contributed by atoms with Crippen LogP contribution in [0.2, 0.25) is 0 Å². The van der Waals surface area contributed by atoms with Gasteiger partial charge in [0, 0.05) is 42.5 Å². The van der Waals surface area contributed by atoms with Gasteiger partial charge in [-0.1, -0.05) is 0 Å². The second kappa shape index (κ2) is 6.33. The molecule has 108 valence electrons. The van der Waals surface area contributed by atoms with Crippen LogP contribution in [0.1, 0.15) is 33.5 Å². The number of nitrogens with zero attached hydrogens (tertiary/aromatic N) is 3. The first-order valence-electron chi connectivity index (χ1n) is 6.71. The molecule has 2 heterocycles. The summed E-state index contributed by atoms with van der Waals surface area (Å²) in [7, 11) is 4.10. The van der Waals surface area contributed by atoms with Crippen LogP contribution in [0.3, 0.4) is 0 Å². The highest BCUT2D eigenvalue weighted by atomic mass is 32.1. The zero-order valence-electron chi connectivity index (χ0n) is 12.5. The Hall–Kier alpha value is -1.46. The van der Waals surface area contributed by atoms with E-state index >= 15 is 0 Å². The third-order valence-electron chi connectivity index (χ3n) is 3.51. The highest BCUT2D eigenvalue weighted by Gasteiger charge is 2.10. The van der Waals surface area contributed by atoms with E-state index in [1.807, 2.05) is 29.4 Å². The molecule has 0 aliphatic heterocycles. The van der Waals surface area contributed by atoms with Crippen molar-refractivity contribution < 1.29 is 4.79 Å². The molecule has 0 radical (unpaired) electrons. The molecule has 0 amide bonds. The van der Waals surface area contributed by atoms with Gasteiger partial charge in [-0.3, -0.25) is 4.79 Å². The van der Waals surface area contributed by atoms with Gasteiger partial charge in [0.15, 0.2) is 5.78 Å². The summed E-state index contributed by atoms with van der Waals surface area (Å²) < 4.78 is 2.03. The minimum atomic E-state index is 0.120. The van der Waals surface area contributed by atoms with Crippen LogP contribution in [0, 0.1) is 6.92 Å². The molecule has 20 heavy (non-hydrogen) atoms. The predicted octanol–water partition coefficient (Wildman–Crippen LogP) is 2.67. The van der Waals surface area contributed by atoms with Crippen LogP contribution in [-0.4, -0.2) is 33.8 Å². The molecular weight excluding hydrogens is 270 g/mol. The number of Topliss-reactive ketones (excluding diaryl/α,β-unsaturated/α-hetero) is 1. The van der Waals surface area contributed by atoms with Gasteiger partial charge in [0.1, 0.15) is 0 Å². The van der Waals surface area contributed by atoms with E-state index in [4.69, 9.17) is 0 Å². The molecule has 0 aromatic carbocycles. The average Bonchev–Trinajstić information content (AvgIpc) is 2.94. The van der Waals surface area contributed by atoms with Gasteiger partial charge in [0.2, 0.25) is 0 Å². The van der Waals surface area contributed by atoms with Crippen molar-refractivity contribution in [3.05, 3.63) is 39.6 Å². The SMILES string of the molecule is CC(=O)c1cc(CN(C)CCc2scnc2C)n(C)c1. The third kappa shape index (κ3) is 3.55. The van der Waals surface area contributed by atoms with Crippen LogP contribution >= 0.6 is 11.3 Å². The predicted molar refractivity (Wildman–Crippen MR) is 82.3 cm³/mol. The molecule has 2 aromatic heterocycles. The Morgan fingerprint density at radius 1 is 1.50 bits per heavy atom. The van der Waals surface area contributed by atoms with Crippen molar-refractivity contribution in [3.8, 4) is 0 Å². The molecule has 0 aliphatic rings. The van der Waals surface area contributed by atoms with Crippen LogP contribution < -0.4 is 0 Å². The number of aromatic nitrogens is 2. The van der Waals surface area contributed by atoms with Gasteiger partial charge in [-0.25, -0.2) is 4.98 Å². The lowest BCUT2D eigenvalue weighted by Gasteiger charge is -2.16. The van der Waals surface area contributed by atoms with E-state index < -0.39 is 0 Å². The molecule has 0 bridgehead atoms. The number of thiazole rings is 1. The van der Waals surface area contributed by atoms with Crippen molar-refractivity contribution >= 4 is 17.1 Å². The maximum atomic E-state index is 11.4. The first-order valence-corrected chi connectivity index (χ1v) is 7.59. The van der Waals surface area contributed by atoms with E-state index in [0.29, 0.717) is 0 Å². The second-order valence-corrected chi connectivity index (χ2v) is 6.18. The van der Waals surface area contributed by atoms with Crippen LogP contribution in [-0.2, 0) is 20.0 Å². The monoisotopic (exact) mass is 291 g/mol. The van der Waals surface area contributed by atoms with E-state index in [0.717, 1.165) is 30.8 Å². The summed E-state index contributed by atoms with van der Waals surface area (Å²) in [5, 5.41) is 0. The number of likely N-dealkylation sites (N-methyl/N-ethyl adjacent to an activating group) is 1. The summed E-state index contributed by atoms with van der Waals surface area (Å²) in [6.45, 7) is 5.50. The maximum absolute atomic E-state index is 11.4. The van der Waals surface area contributed by atoms with Crippen molar-refractivity contribution in [1.82, 2.24) is 14.5 Å². The zero-order valence-corrected chi connectivity index (χ0v) is 13.3. The van der Waals surface area contributed by atoms with Gasteiger partial charge in [0.05, 0.1) is 11.2 Å². The molecule has 0 saturated heterocycles. The summed E-state index contributed by atoms with van der Waals surface area (Å²) >= 11 is 1.72. The van der Waals surface area contributed by atoms with E-state index in [1.165, 1.54) is 10.6 Å². The number of carbonyl (C=O) groups is 1. The minimum absolute atomic E-state index is 0.120. The van der Waals surface area contributed by atoms with Crippen LogP contribution in [0.15, 0.2) is 17.8 Å². The standard InChI is InChI=1S/C15H21N3OS/c1-11-15(20-10-16-11)5-6-17(3)9-14-7-13(12(2)19)8-18(14)4/h7-8,10H,5-6,9H2,1-4H3. The van der Waals surface area contributed by atoms with Gasteiger partial charge in [-0.2, -0.15) is 0 Å². The molecule has 4 nitrogen and oxygen atoms in total. The summed E-state index contributed by atoms with van der Waals surface area (Å²) in [5.41, 5.74) is 5.00. The lowest BCUT2D eigenvalue weighted by molar-refractivity contribution is 0.101. The number of ketones is 1. The third-order valence-corrected chi connectivity index (χ3v) is 4.51. The molecular formula is C15H21N3OS. The smallest absolute Gasteiger partial charge is 0.161 e. The van der Waals surface area contributed by atoms with Gasteiger partial charge >= 0.3 is 0 Å². The van der Waals surface area contributed by atoms with Gasteiger partial charge in [0.25, 0.3) is 0 Å². The van der Waals surface area contributed by atoms with Gasteiger partial charge in [-0.05, 0) is 33.4 Å². The normalized spacial score (nSPS) is 11.2. The molecule has 0 aliphatic carbocycles. The molecule has 0 N–H and O–H groups in total. The van der Waals surface area contributed by atoms with Crippen LogP contribution in [0.5, 0.6) is 0 Å². The minimum Gasteiger partial charge on any atom is -0.353 e. The van der Waals surface area contributed by atoms with E-state index in [-0.39, 0.29) is 5.78 Å². The Labute approximate surface area is 124 Å². The molecule has 0 saturated carbocycles. The number of hydrogen-bond acceptors (Lipinski definition) is 4. The molecule has 2 rings (SSSR count). The fourth-order valence-electron chi connectivity index (χ4n) is 2.17. The van der Waals surface area contributed by atoms with Crippen molar-refractivity contribution in [3.63, 3.8) is 0 Å². The Kier molecular flexibility index (Phi) is 4.73. The highest BCUT2D eigenvalue weighted by molar-refractivity contribution is 7.09. The summed E-state index contributed by atoms with van der Waals surface area (Å²) in [6, 6.07) is 1.98. The molecule has 0 spiro atoms. The number of hydrogen-bond donors (Lipinski definition) is 0.